The predicted molar refractivity (Wildman–Crippen MR) is 67.4 cm³/mol. The minimum atomic E-state index is 0.137. The highest BCUT2D eigenvalue weighted by Crippen LogP contribution is 2.33. The lowest BCUT2D eigenvalue weighted by Gasteiger charge is -2.26. The number of allylic oxidation sites excluding steroid dienone is 4. The molecule has 2 heteroatoms. The van der Waals surface area contributed by atoms with Crippen molar-refractivity contribution in [3.8, 4) is 6.07 Å². The van der Waals surface area contributed by atoms with Crippen LogP contribution in [0, 0.1) is 28.6 Å². The second-order valence-electron chi connectivity index (χ2n) is 5.35. The van der Waals surface area contributed by atoms with Gasteiger partial charge in [0.2, 0.25) is 0 Å². The zero-order valence-electron chi connectivity index (χ0n) is 9.63. The molecule has 1 nitrogen and oxygen atoms in total. The van der Waals surface area contributed by atoms with Crippen molar-refractivity contribution < 1.29 is 0 Å². The Balaban J connectivity index is 2.63. The molecule has 0 spiro atoms. The van der Waals surface area contributed by atoms with Crippen molar-refractivity contribution in [1.82, 2.24) is 0 Å². The SMILES string of the molecule is CC(C)(C)CC(C#N)C1C=CC(Br)=CC1. The predicted octanol–water partition coefficient (Wildman–Crippen LogP) is 4.42. The summed E-state index contributed by atoms with van der Waals surface area (Å²) in [6.07, 6.45) is 8.30. The molecule has 0 aromatic carbocycles. The van der Waals surface area contributed by atoms with Crippen LogP contribution in [0.15, 0.2) is 22.7 Å². The van der Waals surface area contributed by atoms with Crippen molar-refractivity contribution in [3.63, 3.8) is 0 Å². The number of nitrogens with zero attached hydrogens (tertiary/aromatic N) is 1. The topological polar surface area (TPSA) is 23.8 Å². The molecule has 2 unspecified atom stereocenters. The van der Waals surface area contributed by atoms with Crippen LogP contribution in [0.25, 0.3) is 0 Å². The van der Waals surface area contributed by atoms with Crippen LogP contribution in [0.2, 0.25) is 0 Å². The molecule has 0 N–H and O–H groups in total. The summed E-state index contributed by atoms with van der Waals surface area (Å²) >= 11 is 3.44. The van der Waals surface area contributed by atoms with Crippen LogP contribution < -0.4 is 0 Å². The molecule has 0 aromatic heterocycles. The first kappa shape index (κ1) is 12.5. The molecule has 0 aromatic rings. The van der Waals surface area contributed by atoms with Crippen LogP contribution in [-0.2, 0) is 0 Å². The van der Waals surface area contributed by atoms with Gasteiger partial charge < -0.3 is 0 Å². The van der Waals surface area contributed by atoms with E-state index in [1.54, 1.807) is 0 Å². The lowest BCUT2D eigenvalue weighted by atomic mass is 9.77. The second kappa shape index (κ2) is 4.99. The minimum absolute atomic E-state index is 0.137. The van der Waals surface area contributed by atoms with Gasteiger partial charge in [-0.2, -0.15) is 5.26 Å². The summed E-state index contributed by atoms with van der Waals surface area (Å²) in [5.41, 5.74) is 0.229. The maximum atomic E-state index is 9.19. The Morgan fingerprint density at radius 2 is 2.27 bits per heavy atom. The third-order valence-corrected chi connectivity index (χ3v) is 3.19. The number of hydrogen-bond donors (Lipinski definition) is 0. The van der Waals surface area contributed by atoms with Gasteiger partial charge in [-0.1, -0.05) is 54.9 Å². The Morgan fingerprint density at radius 3 is 2.67 bits per heavy atom. The van der Waals surface area contributed by atoms with E-state index in [4.69, 9.17) is 0 Å². The van der Waals surface area contributed by atoms with Crippen molar-refractivity contribution in [1.29, 1.82) is 5.26 Å². The molecule has 0 heterocycles. The van der Waals surface area contributed by atoms with Gasteiger partial charge in [-0.05, 0) is 24.2 Å². The van der Waals surface area contributed by atoms with Gasteiger partial charge in [0.05, 0.1) is 12.0 Å². The molecule has 1 aliphatic rings. The van der Waals surface area contributed by atoms with Gasteiger partial charge >= 0.3 is 0 Å². The van der Waals surface area contributed by atoms with Gasteiger partial charge in [-0.3, -0.25) is 0 Å². The number of hydrogen-bond acceptors (Lipinski definition) is 1. The molecular formula is C13H18BrN. The molecular weight excluding hydrogens is 250 g/mol. The van der Waals surface area contributed by atoms with Gasteiger partial charge in [0.1, 0.15) is 0 Å². The van der Waals surface area contributed by atoms with Gasteiger partial charge in [-0.15, -0.1) is 0 Å². The highest BCUT2D eigenvalue weighted by molar-refractivity contribution is 9.11. The molecule has 82 valence electrons. The molecule has 2 atom stereocenters. The third kappa shape index (κ3) is 4.22. The third-order valence-electron chi connectivity index (χ3n) is 2.60. The summed E-state index contributed by atoms with van der Waals surface area (Å²) in [5.74, 6) is 0.522. The maximum Gasteiger partial charge on any atom is 0.0662 e. The van der Waals surface area contributed by atoms with Gasteiger partial charge in [0.15, 0.2) is 0 Å². The first-order chi connectivity index (χ1) is 6.92. The van der Waals surface area contributed by atoms with E-state index < -0.39 is 0 Å². The molecule has 15 heavy (non-hydrogen) atoms. The van der Waals surface area contributed by atoms with Crippen molar-refractivity contribution in [2.75, 3.05) is 0 Å². The molecule has 0 amide bonds. The summed E-state index contributed by atoms with van der Waals surface area (Å²) in [6.45, 7) is 6.57. The molecule has 0 saturated heterocycles. The summed E-state index contributed by atoms with van der Waals surface area (Å²) in [4.78, 5) is 0. The van der Waals surface area contributed by atoms with Crippen molar-refractivity contribution in [2.45, 2.75) is 33.6 Å². The van der Waals surface area contributed by atoms with E-state index in [1.165, 1.54) is 0 Å². The van der Waals surface area contributed by atoms with E-state index in [2.05, 4.69) is 61.0 Å². The molecule has 0 aliphatic heterocycles. The largest absolute Gasteiger partial charge is 0.198 e. The van der Waals surface area contributed by atoms with Crippen molar-refractivity contribution >= 4 is 15.9 Å². The van der Waals surface area contributed by atoms with Crippen LogP contribution in [0.5, 0.6) is 0 Å². The Morgan fingerprint density at radius 1 is 1.60 bits per heavy atom. The van der Waals surface area contributed by atoms with Crippen LogP contribution in [0.1, 0.15) is 33.6 Å². The Labute approximate surface area is 101 Å². The molecule has 0 saturated carbocycles. The molecule has 0 fully saturated rings. The fourth-order valence-corrected chi connectivity index (χ4v) is 2.20. The lowest BCUT2D eigenvalue weighted by Crippen LogP contribution is -2.19. The van der Waals surface area contributed by atoms with E-state index in [0.717, 1.165) is 17.3 Å². The van der Waals surface area contributed by atoms with E-state index in [9.17, 15) is 5.26 Å². The van der Waals surface area contributed by atoms with Crippen LogP contribution in [0.4, 0.5) is 0 Å². The van der Waals surface area contributed by atoms with Crippen molar-refractivity contribution in [2.24, 2.45) is 17.3 Å². The quantitative estimate of drug-likeness (QED) is 0.727. The van der Waals surface area contributed by atoms with E-state index in [0.29, 0.717) is 5.92 Å². The standard InChI is InChI=1S/C13H18BrN/c1-13(2,3)8-11(9-15)10-4-6-12(14)7-5-10/h4,6-7,10-11H,5,8H2,1-3H3. The Bertz CT molecular complexity index is 314. The average molecular weight is 268 g/mol. The summed E-state index contributed by atoms with van der Waals surface area (Å²) < 4.78 is 1.13. The molecule has 1 aliphatic carbocycles. The maximum absolute atomic E-state index is 9.19. The average Bonchev–Trinajstić information content (AvgIpc) is 2.14. The number of rotatable bonds is 2. The molecule has 1 rings (SSSR count). The Hall–Kier alpha value is -0.550. The Kier molecular flexibility index (Phi) is 4.16. The second-order valence-corrected chi connectivity index (χ2v) is 6.26. The zero-order valence-corrected chi connectivity index (χ0v) is 11.2. The molecule has 0 radical (unpaired) electrons. The van der Waals surface area contributed by atoms with Crippen LogP contribution in [0.3, 0.4) is 0 Å². The van der Waals surface area contributed by atoms with Crippen molar-refractivity contribution in [3.05, 3.63) is 22.7 Å². The minimum Gasteiger partial charge on any atom is -0.198 e. The van der Waals surface area contributed by atoms with E-state index in [-0.39, 0.29) is 11.3 Å². The summed E-state index contributed by atoms with van der Waals surface area (Å²) in [6, 6.07) is 2.45. The lowest BCUT2D eigenvalue weighted by molar-refractivity contribution is 0.292. The highest BCUT2D eigenvalue weighted by atomic mass is 79.9. The number of nitriles is 1. The highest BCUT2D eigenvalue weighted by Gasteiger charge is 2.25. The van der Waals surface area contributed by atoms with Gasteiger partial charge in [0.25, 0.3) is 0 Å². The van der Waals surface area contributed by atoms with Gasteiger partial charge in [-0.25, -0.2) is 0 Å². The first-order valence-electron chi connectivity index (χ1n) is 5.36. The monoisotopic (exact) mass is 267 g/mol. The molecule has 0 bridgehead atoms. The summed E-state index contributed by atoms with van der Waals surface area (Å²) in [5, 5.41) is 9.19. The fraction of sp³-hybridized carbons (Fsp3) is 0.615. The van der Waals surface area contributed by atoms with Crippen LogP contribution >= 0.6 is 15.9 Å². The number of halogens is 1. The smallest absolute Gasteiger partial charge is 0.0662 e. The zero-order chi connectivity index (χ0) is 11.5. The van der Waals surface area contributed by atoms with E-state index >= 15 is 0 Å². The first-order valence-corrected chi connectivity index (χ1v) is 6.15. The fourth-order valence-electron chi connectivity index (χ4n) is 1.86. The van der Waals surface area contributed by atoms with E-state index in [1.807, 2.05) is 0 Å². The summed E-state index contributed by atoms with van der Waals surface area (Å²) in [7, 11) is 0. The normalized spacial score (nSPS) is 23.1. The van der Waals surface area contributed by atoms with Crippen LogP contribution in [-0.4, -0.2) is 0 Å². The van der Waals surface area contributed by atoms with Gasteiger partial charge in [0, 0.05) is 4.48 Å².